The van der Waals surface area contributed by atoms with Crippen molar-refractivity contribution in [3.05, 3.63) is 0 Å². The lowest BCUT2D eigenvalue weighted by atomic mass is 10.2. The van der Waals surface area contributed by atoms with Crippen molar-refractivity contribution in [3.63, 3.8) is 0 Å². The zero-order valence-electron chi connectivity index (χ0n) is 11.7. The van der Waals surface area contributed by atoms with E-state index >= 15 is 0 Å². The van der Waals surface area contributed by atoms with E-state index in [1.165, 1.54) is 25.9 Å². The lowest BCUT2D eigenvalue weighted by Crippen LogP contribution is -2.39. The number of hydrogen-bond acceptors (Lipinski definition) is 4. The van der Waals surface area contributed by atoms with Crippen LogP contribution in [0.15, 0.2) is 0 Å². The fourth-order valence-corrected chi connectivity index (χ4v) is 2.34. The van der Waals surface area contributed by atoms with Gasteiger partial charge in [0.25, 0.3) is 0 Å². The minimum Gasteiger partial charge on any atom is -0.380 e. The summed E-state index contributed by atoms with van der Waals surface area (Å²) in [5.41, 5.74) is 0. The van der Waals surface area contributed by atoms with Crippen LogP contribution in [0, 0.1) is 0 Å². The summed E-state index contributed by atoms with van der Waals surface area (Å²) in [7, 11) is 4.46. The van der Waals surface area contributed by atoms with Crippen molar-refractivity contribution in [1.82, 2.24) is 15.1 Å². The van der Waals surface area contributed by atoms with Gasteiger partial charge in [0, 0.05) is 38.8 Å². The quantitative estimate of drug-likeness (QED) is 0.602. The second-order valence-corrected chi connectivity index (χ2v) is 4.99. The first-order chi connectivity index (χ1) is 8.24. The van der Waals surface area contributed by atoms with Crippen molar-refractivity contribution in [2.75, 3.05) is 60.0 Å². The minimum atomic E-state index is 0.767. The van der Waals surface area contributed by atoms with E-state index < -0.39 is 0 Å². The van der Waals surface area contributed by atoms with Gasteiger partial charge >= 0.3 is 0 Å². The molecule has 0 aromatic heterocycles. The van der Waals surface area contributed by atoms with Gasteiger partial charge in [-0.3, -0.25) is 0 Å². The number of likely N-dealkylation sites (tertiary alicyclic amines) is 1. The van der Waals surface area contributed by atoms with Crippen LogP contribution >= 0.6 is 0 Å². The molecule has 1 unspecified atom stereocenters. The molecular formula is C13H29N3O. The molecule has 1 heterocycles. The van der Waals surface area contributed by atoms with Crippen molar-refractivity contribution >= 4 is 0 Å². The van der Waals surface area contributed by atoms with E-state index in [0.29, 0.717) is 0 Å². The third kappa shape index (κ3) is 6.36. The topological polar surface area (TPSA) is 27.7 Å². The lowest BCUT2D eigenvalue weighted by Gasteiger charge is -2.25. The Hall–Kier alpha value is -0.160. The van der Waals surface area contributed by atoms with Gasteiger partial charge in [-0.1, -0.05) is 0 Å². The Morgan fingerprint density at radius 1 is 1.41 bits per heavy atom. The monoisotopic (exact) mass is 243 g/mol. The van der Waals surface area contributed by atoms with Crippen LogP contribution in [-0.2, 0) is 4.74 Å². The highest BCUT2D eigenvalue weighted by atomic mass is 16.5. The van der Waals surface area contributed by atoms with Crippen LogP contribution in [0.25, 0.3) is 0 Å². The maximum atomic E-state index is 5.28. The molecule has 4 nitrogen and oxygen atoms in total. The van der Waals surface area contributed by atoms with Gasteiger partial charge in [-0.25, -0.2) is 0 Å². The summed E-state index contributed by atoms with van der Waals surface area (Å²) in [5, 5.41) is 3.41. The van der Waals surface area contributed by atoms with Crippen molar-refractivity contribution in [3.8, 4) is 0 Å². The minimum absolute atomic E-state index is 0.767. The second kappa shape index (κ2) is 8.86. The maximum absolute atomic E-state index is 5.28. The average Bonchev–Trinajstić information content (AvgIpc) is 2.69. The highest BCUT2D eigenvalue weighted by Gasteiger charge is 2.21. The normalized spacial score (nSPS) is 21.5. The van der Waals surface area contributed by atoms with Gasteiger partial charge < -0.3 is 19.9 Å². The first-order valence-corrected chi connectivity index (χ1v) is 6.91. The van der Waals surface area contributed by atoms with Gasteiger partial charge in [0.15, 0.2) is 0 Å². The van der Waals surface area contributed by atoms with E-state index in [0.717, 1.165) is 38.9 Å². The highest BCUT2D eigenvalue weighted by Crippen LogP contribution is 2.14. The fraction of sp³-hybridized carbons (Fsp3) is 1.00. The predicted octanol–water partition coefficient (Wildman–Crippen LogP) is 0.639. The predicted molar refractivity (Wildman–Crippen MR) is 72.5 cm³/mol. The van der Waals surface area contributed by atoms with Gasteiger partial charge in [-0.05, 0) is 40.4 Å². The summed E-state index contributed by atoms with van der Waals surface area (Å²) in [5.74, 6) is 0. The first kappa shape index (κ1) is 14.9. The van der Waals surface area contributed by atoms with Crippen LogP contribution in [0.2, 0.25) is 0 Å². The lowest BCUT2D eigenvalue weighted by molar-refractivity contribution is 0.148. The summed E-state index contributed by atoms with van der Waals surface area (Å²) < 4.78 is 5.28. The standard InChI is InChI=1S/C13H29N3O/c1-4-17-11-8-14-7-10-15(2)12-13-6-5-9-16(13)3/h13-14H,4-12H2,1-3H3. The van der Waals surface area contributed by atoms with Gasteiger partial charge in [0.05, 0.1) is 6.61 Å². The Bertz CT molecular complexity index is 190. The number of likely N-dealkylation sites (N-methyl/N-ethyl adjacent to an activating group) is 2. The number of hydrogen-bond donors (Lipinski definition) is 1. The Balaban J connectivity index is 1.95. The molecule has 1 fully saturated rings. The van der Waals surface area contributed by atoms with Gasteiger partial charge in [0.1, 0.15) is 0 Å². The largest absolute Gasteiger partial charge is 0.380 e. The van der Waals surface area contributed by atoms with Gasteiger partial charge in [-0.15, -0.1) is 0 Å². The molecular weight excluding hydrogens is 214 g/mol. The third-order valence-electron chi connectivity index (χ3n) is 3.49. The van der Waals surface area contributed by atoms with E-state index in [1.54, 1.807) is 0 Å². The molecule has 1 atom stereocenters. The Labute approximate surface area is 106 Å². The van der Waals surface area contributed by atoms with Crippen LogP contribution in [0.3, 0.4) is 0 Å². The molecule has 1 saturated heterocycles. The van der Waals surface area contributed by atoms with Gasteiger partial charge in [-0.2, -0.15) is 0 Å². The maximum Gasteiger partial charge on any atom is 0.0590 e. The van der Waals surface area contributed by atoms with E-state index in [4.69, 9.17) is 4.74 Å². The highest BCUT2D eigenvalue weighted by molar-refractivity contribution is 4.78. The molecule has 0 aromatic carbocycles. The van der Waals surface area contributed by atoms with Gasteiger partial charge in [0.2, 0.25) is 0 Å². The van der Waals surface area contributed by atoms with Crippen molar-refractivity contribution in [2.24, 2.45) is 0 Å². The Morgan fingerprint density at radius 3 is 2.88 bits per heavy atom. The van der Waals surface area contributed by atoms with Crippen LogP contribution in [0.5, 0.6) is 0 Å². The molecule has 0 saturated carbocycles. The molecule has 0 aromatic rings. The van der Waals surface area contributed by atoms with Crippen molar-refractivity contribution < 1.29 is 4.74 Å². The molecule has 17 heavy (non-hydrogen) atoms. The fourth-order valence-electron chi connectivity index (χ4n) is 2.34. The van der Waals surface area contributed by atoms with E-state index in [9.17, 15) is 0 Å². The average molecular weight is 243 g/mol. The molecule has 102 valence electrons. The Morgan fingerprint density at radius 2 is 2.24 bits per heavy atom. The first-order valence-electron chi connectivity index (χ1n) is 6.91. The molecule has 0 amide bonds. The zero-order chi connectivity index (χ0) is 12.5. The number of nitrogens with zero attached hydrogens (tertiary/aromatic N) is 2. The molecule has 1 rings (SSSR count). The molecule has 0 spiro atoms. The summed E-state index contributed by atoms with van der Waals surface area (Å²) in [6, 6.07) is 0.767. The molecule has 4 heteroatoms. The van der Waals surface area contributed by atoms with E-state index in [-0.39, 0.29) is 0 Å². The van der Waals surface area contributed by atoms with Crippen molar-refractivity contribution in [2.45, 2.75) is 25.8 Å². The number of nitrogens with one attached hydrogen (secondary N) is 1. The number of rotatable bonds is 9. The summed E-state index contributed by atoms with van der Waals surface area (Å²) in [4.78, 5) is 4.92. The third-order valence-corrected chi connectivity index (χ3v) is 3.49. The Kier molecular flexibility index (Phi) is 7.77. The smallest absolute Gasteiger partial charge is 0.0590 e. The summed E-state index contributed by atoms with van der Waals surface area (Å²) in [6.45, 7) is 9.28. The SMILES string of the molecule is CCOCCNCCN(C)CC1CCCN1C. The van der Waals surface area contributed by atoms with Crippen molar-refractivity contribution in [1.29, 1.82) is 0 Å². The van der Waals surface area contributed by atoms with E-state index in [1.807, 2.05) is 6.92 Å². The molecule has 0 bridgehead atoms. The molecule has 0 aliphatic carbocycles. The van der Waals surface area contributed by atoms with E-state index in [2.05, 4.69) is 29.2 Å². The van der Waals surface area contributed by atoms with Crippen LogP contribution in [0.4, 0.5) is 0 Å². The van der Waals surface area contributed by atoms with Crippen LogP contribution < -0.4 is 5.32 Å². The summed E-state index contributed by atoms with van der Waals surface area (Å²) in [6.07, 6.45) is 2.72. The number of ether oxygens (including phenoxy) is 1. The molecule has 1 aliphatic heterocycles. The molecule has 0 radical (unpaired) electrons. The zero-order valence-corrected chi connectivity index (χ0v) is 11.7. The van der Waals surface area contributed by atoms with Crippen LogP contribution in [-0.4, -0.2) is 75.9 Å². The summed E-state index contributed by atoms with van der Waals surface area (Å²) >= 11 is 0. The second-order valence-electron chi connectivity index (χ2n) is 4.99. The van der Waals surface area contributed by atoms with Crippen LogP contribution in [0.1, 0.15) is 19.8 Å². The molecule has 1 N–H and O–H groups in total. The molecule has 1 aliphatic rings.